The number of aromatic nitrogens is 3. The molecule has 2 N–H and O–H groups in total. The molecule has 3 rings (SSSR count). The molecule has 0 bridgehead atoms. The van der Waals surface area contributed by atoms with E-state index in [1.165, 1.54) is 16.7 Å². The largest absolute Gasteiger partial charge is 0.294 e. The van der Waals surface area contributed by atoms with Gasteiger partial charge >= 0.3 is 0 Å². The number of hydrogen-bond acceptors (Lipinski definition) is 8. The molecule has 1 aromatic heterocycles. The van der Waals surface area contributed by atoms with E-state index in [0.717, 1.165) is 12.1 Å². The molecule has 0 aliphatic rings. The summed E-state index contributed by atoms with van der Waals surface area (Å²) in [4.78, 5) is 3.73. The summed E-state index contributed by atoms with van der Waals surface area (Å²) < 4.78 is 57.4. The molecule has 0 aliphatic carbocycles. The average Bonchev–Trinajstić information content (AvgIpc) is 3.13. The molecule has 1 heterocycles. The van der Waals surface area contributed by atoms with Crippen LogP contribution < -0.4 is 0 Å². The van der Waals surface area contributed by atoms with Gasteiger partial charge in [0.2, 0.25) is 11.3 Å². The number of sulfone groups is 1. The van der Waals surface area contributed by atoms with Crippen molar-refractivity contribution >= 4 is 67.7 Å². The van der Waals surface area contributed by atoms with E-state index in [4.69, 9.17) is 5.26 Å². The third-order valence-corrected chi connectivity index (χ3v) is 10.1. The molecule has 3 aromatic rings. The lowest BCUT2D eigenvalue weighted by Gasteiger charge is -2.15. The second kappa shape index (κ2) is 8.97. The molecule has 0 aliphatic heterocycles. The lowest BCUT2D eigenvalue weighted by molar-refractivity contribution is -0.253. The molecule has 31 heavy (non-hydrogen) atoms. The van der Waals surface area contributed by atoms with E-state index in [1.807, 2.05) is 0 Å². The summed E-state index contributed by atoms with van der Waals surface area (Å²) in [5, 5.41) is 16.0. The van der Waals surface area contributed by atoms with Crippen LogP contribution in [0.3, 0.4) is 0 Å². The van der Waals surface area contributed by atoms with Crippen LogP contribution in [0.15, 0.2) is 58.6 Å². The summed E-state index contributed by atoms with van der Waals surface area (Å²) in [5.74, 6) is 0.145. The molecule has 0 saturated carbocycles. The molecule has 0 fully saturated rings. The van der Waals surface area contributed by atoms with E-state index in [1.54, 1.807) is 24.3 Å². The molecule has 10 nitrogen and oxygen atoms in total. The van der Waals surface area contributed by atoms with Crippen molar-refractivity contribution in [3.05, 3.63) is 54.1 Å². The van der Waals surface area contributed by atoms with Crippen LogP contribution in [0.2, 0.25) is 0 Å². The van der Waals surface area contributed by atoms with Crippen LogP contribution in [0.1, 0.15) is 5.56 Å². The van der Waals surface area contributed by atoms with Gasteiger partial charge in [0.25, 0.3) is 15.3 Å². The predicted molar refractivity (Wildman–Crippen MR) is 121 cm³/mol. The van der Waals surface area contributed by atoms with Gasteiger partial charge in [-0.3, -0.25) is 14.4 Å². The Morgan fingerprint density at radius 3 is 2.00 bits per heavy atom. The molecule has 2 aromatic carbocycles. The van der Waals surface area contributed by atoms with Gasteiger partial charge in [-0.25, -0.2) is 13.3 Å². The molecule has 0 radical (unpaired) electrons. The third-order valence-electron chi connectivity index (χ3n) is 4.01. The standard InChI is InChI=1S/C16H12Br3N3O7S2/c17-16(18,19)30(24,25)15-21-20-14(11-3-1-10(2-4-11)9-29-23)22(15)12-5-7-13(8-6-12)31(26,27)28/h1-8,23H,9H2,(H,26,27,28). The van der Waals surface area contributed by atoms with Crippen LogP contribution in [0.25, 0.3) is 17.1 Å². The Labute approximate surface area is 202 Å². The summed E-state index contributed by atoms with van der Waals surface area (Å²) in [7, 11) is -8.62. The lowest BCUT2D eigenvalue weighted by Crippen LogP contribution is -2.22. The van der Waals surface area contributed by atoms with Gasteiger partial charge in [-0.2, -0.15) is 8.42 Å². The highest BCUT2D eigenvalue weighted by atomic mass is 80.0. The number of nitrogens with zero attached hydrogens (tertiary/aromatic N) is 3. The zero-order chi connectivity index (χ0) is 23.0. The molecule has 0 atom stereocenters. The SMILES string of the molecule is O=S(=O)(O)c1ccc(-n2c(-c3ccc(COO)cc3)nnc2S(=O)(=O)C(Br)(Br)Br)cc1. The summed E-state index contributed by atoms with van der Waals surface area (Å²) >= 11 is 8.96. The minimum atomic E-state index is -4.44. The van der Waals surface area contributed by atoms with Gasteiger partial charge in [-0.05, 0) is 77.6 Å². The van der Waals surface area contributed by atoms with Crippen molar-refractivity contribution in [1.82, 2.24) is 14.8 Å². The Balaban J connectivity index is 2.24. The maximum atomic E-state index is 13.0. The van der Waals surface area contributed by atoms with Crippen molar-refractivity contribution in [2.24, 2.45) is 0 Å². The normalized spacial score (nSPS) is 12.8. The van der Waals surface area contributed by atoms with Crippen LogP contribution in [-0.2, 0) is 31.4 Å². The summed E-state index contributed by atoms with van der Waals surface area (Å²) in [6, 6.07) is 11.4. The topological polar surface area (TPSA) is 149 Å². The van der Waals surface area contributed by atoms with Crippen molar-refractivity contribution in [2.45, 2.75) is 18.1 Å². The van der Waals surface area contributed by atoms with Gasteiger partial charge in [0, 0.05) is 11.3 Å². The first kappa shape index (κ1) is 24.4. The fraction of sp³-hybridized carbons (Fsp3) is 0.125. The highest BCUT2D eigenvalue weighted by Gasteiger charge is 2.42. The minimum Gasteiger partial charge on any atom is -0.282 e. The highest BCUT2D eigenvalue weighted by molar-refractivity contribution is 9.42. The molecular weight excluding hydrogens is 650 g/mol. The van der Waals surface area contributed by atoms with Gasteiger partial charge < -0.3 is 0 Å². The van der Waals surface area contributed by atoms with Gasteiger partial charge in [0.15, 0.2) is 5.82 Å². The van der Waals surface area contributed by atoms with Gasteiger partial charge in [0.1, 0.15) is 6.61 Å². The van der Waals surface area contributed by atoms with Crippen LogP contribution in [-0.4, -0.2) is 42.9 Å². The first-order valence-electron chi connectivity index (χ1n) is 8.06. The molecule has 0 spiro atoms. The van der Waals surface area contributed by atoms with Crippen LogP contribution >= 0.6 is 47.8 Å². The molecule has 15 heteroatoms. The first-order chi connectivity index (χ1) is 14.4. The van der Waals surface area contributed by atoms with Gasteiger partial charge in [-0.15, -0.1) is 10.2 Å². The van der Waals surface area contributed by atoms with E-state index in [2.05, 4.69) is 62.9 Å². The van der Waals surface area contributed by atoms with Crippen molar-refractivity contribution < 1.29 is 31.5 Å². The number of halogens is 3. The second-order valence-electron chi connectivity index (χ2n) is 6.03. The number of benzene rings is 2. The monoisotopic (exact) mass is 659 g/mol. The summed E-state index contributed by atoms with van der Waals surface area (Å²) in [6.07, 6.45) is 0. The zero-order valence-electron chi connectivity index (χ0n) is 15.1. The van der Waals surface area contributed by atoms with E-state index in [0.29, 0.717) is 11.1 Å². The summed E-state index contributed by atoms with van der Waals surface area (Å²) in [5.41, 5.74) is 1.37. The second-order valence-corrected chi connectivity index (χ2v) is 17.8. The quantitative estimate of drug-likeness (QED) is 0.174. The van der Waals surface area contributed by atoms with Crippen LogP contribution in [0, 0.1) is 0 Å². The van der Waals surface area contributed by atoms with E-state index < -0.39 is 26.6 Å². The Morgan fingerprint density at radius 2 is 1.52 bits per heavy atom. The predicted octanol–water partition coefficient (Wildman–Crippen LogP) is 3.74. The summed E-state index contributed by atoms with van der Waals surface area (Å²) in [6.45, 7) is -0.0387. The lowest BCUT2D eigenvalue weighted by atomic mass is 10.1. The van der Waals surface area contributed by atoms with Crippen LogP contribution in [0.5, 0.6) is 0 Å². The van der Waals surface area contributed by atoms with Gasteiger partial charge in [-0.1, -0.05) is 24.3 Å². The van der Waals surface area contributed by atoms with E-state index >= 15 is 0 Å². The van der Waals surface area contributed by atoms with Crippen molar-refractivity contribution in [2.75, 3.05) is 0 Å². The van der Waals surface area contributed by atoms with Gasteiger partial charge in [0.05, 0.1) is 4.90 Å². The molecule has 166 valence electrons. The van der Waals surface area contributed by atoms with Crippen molar-refractivity contribution in [3.8, 4) is 17.1 Å². The maximum Gasteiger partial charge on any atom is 0.294 e. The Kier molecular flexibility index (Phi) is 7.08. The van der Waals surface area contributed by atoms with E-state index in [9.17, 15) is 21.4 Å². The zero-order valence-corrected chi connectivity index (χ0v) is 21.4. The number of alkyl halides is 3. The first-order valence-corrected chi connectivity index (χ1v) is 13.4. The fourth-order valence-corrected chi connectivity index (χ4v) is 5.13. The third kappa shape index (κ3) is 5.08. The van der Waals surface area contributed by atoms with Crippen molar-refractivity contribution in [3.63, 3.8) is 0 Å². The number of rotatable bonds is 6. The Bertz CT molecular complexity index is 1300. The Hall–Kier alpha value is -1.20. The maximum absolute atomic E-state index is 13.0. The average molecular weight is 662 g/mol. The fourth-order valence-electron chi connectivity index (χ4n) is 2.56. The molecular formula is C16H12Br3N3O7S2. The number of hydrogen-bond donors (Lipinski definition) is 2. The Morgan fingerprint density at radius 1 is 0.935 bits per heavy atom. The minimum absolute atomic E-state index is 0.0387. The van der Waals surface area contributed by atoms with Crippen LogP contribution in [0.4, 0.5) is 0 Å². The molecule has 0 amide bonds. The van der Waals surface area contributed by atoms with Crippen molar-refractivity contribution in [1.29, 1.82) is 0 Å². The molecule has 0 saturated heterocycles. The van der Waals surface area contributed by atoms with E-state index in [-0.39, 0.29) is 23.0 Å². The molecule has 0 unspecified atom stereocenters. The highest BCUT2D eigenvalue weighted by Crippen LogP contribution is 2.43. The smallest absolute Gasteiger partial charge is 0.282 e.